The highest BCUT2D eigenvalue weighted by Gasteiger charge is 2.11. The molecule has 0 aliphatic heterocycles. The van der Waals surface area contributed by atoms with E-state index >= 15 is 0 Å². The Hall–Kier alpha value is -0.530. The first kappa shape index (κ1) is 19.5. The summed E-state index contributed by atoms with van der Waals surface area (Å²) >= 11 is 0. The molecule has 20 heavy (non-hydrogen) atoms. The van der Waals surface area contributed by atoms with Gasteiger partial charge >= 0.3 is 5.97 Å². The Kier molecular flexibility index (Phi) is 14.5. The fraction of sp³-hybridized carbons (Fsp3) is 0.944. The average Bonchev–Trinajstić information content (AvgIpc) is 2.47. The summed E-state index contributed by atoms with van der Waals surface area (Å²) in [6, 6.07) is 0. The predicted molar refractivity (Wildman–Crippen MR) is 86.9 cm³/mol. The van der Waals surface area contributed by atoms with E-state index in [-0.39, 0.29) is 11.9 Å². The minimum Gasteiger partial charge on any atom is -0.469 e. The van der Waals surface area contributed by atoms with Crippen LogP contribution in [-0.2, 0) is 9.53 Å². The van der Waals surface area contributed by atoms with Gasteiger partial charge in [0.2, 0.25) is 0 Å². The molecule has 0 aromatic rings. The number of unbranched alkanes of at least 4 members (excludes halogenated alkanes) is 11. The first-order valence-corrected chi connectivity index (χ1v) is 8.80. The Balaban J connectivity index is 3.11. The molecule has 0 radical (unpaired) electrons. The minimum atomic E-state index is -0.0620. The van der Waals surface area contributed by atoms with Crippen LogP contribution in [0.3, 0.4) is 0 Å². The van der Waals surface area contributed by atoms with E-state index in [9.17, 15) is 4.79 Å². The molecule has 1 atom stereocenters. The number of hydrogen-bond acceptors (Lipinski definition) is 2. The molecule has 2 nitrogen and oxygen atoms in total. The van der Waals surface area contributed by atoms with Crippen molar-refractivity contribution in [3.8, 4) is 0 Å². The van der Waals surface area contributed by atoms with Crippen molar-refractivity contribution >= 4 is 5.97 Å². The van der Waals surface area contributed by atoms with Crippen molar-refractivity contribution in [3.63, 3.8) is 0 Å². The van der Waals surface area contributed by atoms with Crippen LogP contribution < -0.4 is 0 Å². The van der Waals surface area contributed by atoms with Crippen LogP contribution in [-0.4, -0.2) is 13.1 Å². The molecule has 0 aromatic carbocycles. The van der Waals surface area contributed by atoms with E-state index in [4.69, 9.17) is 4.74 Å². The monoisotopic (exact) mass is 284 g/mol. The molecule has 0 spiro atoms. The van der Waals surface area contributed by atoms with Gasteiger partial charge in [0.05, 0.1) is 13.0 Å². The molecular weight excluding hydrogens is 248 g/mol. The van der Waals surface area contributed by atoms with Gasteiger partial charge in [-0.25, -0.2) is 0 Å². The standard InChI is InChI=1S/C18H36O2/c1-4-5-6-7-8-9-10-11-12-13-14-15-16-17(2)18(19)20-3/h17H,4-16H2,1-3H3/t17-/m0/s1. The lowest BCUT2D eigenvalue weighted by molar-refractivity contribution is -0.145. The molecule has 0 aromatic heterocycles. The highest BCUT2D eigenvalue weighted by molar-refractivity contribution is 5.71. The van der Waals surface area contributed by atoms with E-state index in [2.05, 4.69) is 6.92 Å². The summed E-state index contributed by atoms with van der Waals surface area (Å²) in [5, 5.41) is 0. The van der Waals surface area contributed by atoms with Crippen molar-refractivity contribution in [1.82, 2.24) is 0 Å². The fourth-order valence-electron chi connectivity index (χ4n) is 2.61. The second-order valence-corrected chi connectivity index (χ2v) is 6.10. The molecule has 0 saturated carbocycles. The lowest BCUT2D eigenvalue weighted by Crippen LogP contribution is -2.12. The molecule has 0 N–H and O–H groups in total. The van der Waals surface area contributed by atoms with E-state index < -0.39 is 0 Å². The van der Waals surface area contributed by atoms with Crippen LogP contribution in [0.2, 0.25) is 0 Å². The largest absolute Gasteiger partial charge is 0.469 e. The molecule has 0 fully saturated rings. The molecule has 2 heteroatoms. The lowest BCUT2D eigenvalue weighted by atomic mass is 10.0. The molecule has 0 heterocycles. The molecule has 0 aliphatic rings. The van der Waals surface area contributed by atoms with Crippen LogP contribution in [0.1, 0.15) is 97.3 Å². The quantitative estimate of drug-likeness (QED) is 0.294. The maximum absolute atomic E-state index is 11.2. The topological polar surface area (TPSA) is 26.3 Å². The van der Waals surface area contributed by atoms with Gasteiger partial charge in [0.25, 0.3) is 0 Å². The summed E-state index contributed by atoms with van der Waals surface area (Å²) in [7, 11) is 1.47. The Labute approximate surface area is 126 Å². The molecule has 0 amide bonds. The van der Waals surface area contributed by atoms with Gasteiger partial charge in [0.1, 0.15) is 0 Å². The number of ether oxygens (including phenoxy) is 1. The molecule has 0 saturated heterocycles. The predicted octanol–water partition coefficient (Wildman–Crippen LogP) is 5.89. The second kappa shape index (κ2) is 14.9. The summed E-state index contributed by atoms with van der Waals surface area (Å²) in [6.07, 6.45) is 17.3. The highest BCUT2D eigenvalue weighted by Crippen LogP contribution is 2.14. The first-order valence-electron chi connectivity index (χ1n) is 8.80. The number of carbonyl (C=O) groups excluding carboxylic acids is 1. The van der Waals surface area contributed by atoms with Gasteiger partial charge in [-0.15, -0.1) is 0 Å². The van der Waals surface area contributed by atoms with Gasteiger partial charge in [0, 0.05) is 0 Å². The maximum Gasteiger partial charge on any atom is 0.308 e. The zero-order valence-electron chi connectivity index (χ0n) is 14.1. The fourth-order valence-corrected chi connectivity index (χ4v) is 2.61. The van der Waals surface area contributed by atoms with Crippen molar-refractivity contribution in [2.75, 3.05) is 7.11 Å². The van der Waals surface area contributed by atoms with Gasteiger partial charge in [0.15, 0.2) is 0 Å². The highest BCUT2D eigenvalue weighted by atomic mass is 16.5. The second-order valence-electron chi connectivity index (χ2n) is 6.10. The number of rotatable bonds is 14. The lowest BCUT2D eigenvalue weighted by Gasteiger charge is -2.08. The SMILES string of the molecule is CCCCCCCCCCCCCC[C@H](C)C(=O)OC. The van der Waals surface area contributed by atoms with Crippen molar-refractivity contribution in [3.05, 3.63) is 0 Å². The Bertz CT molecular complexity index is 213. The molecule has 0 rings (SSSR count). The van der Waals surface area contributed by atoms with Crippen molar-refractivity contribution in [2.45, 2.75) is 97.3 Å². The smallest absolute Gasteiger partial charge is 0.308 e. The molecule has 0 unspecified atom stereocenters. The molecule has 0 aliphatic carbocycles. The van der Waals surface area contributed by atoms with E-state index in [0.717, 1.165) is 12.8 Å². The third kappa shape index (κ3) is 12.5. The number of methoxy groups -OCH3 is 1. The van der Waals surface area contributed by atoms with Gasteiger partial charge < -0.3 is 4.74 Å². The number of esters is 1. The summed E-state index contributed by atoms with van der Waals surface area (Å²) in [5.41, 5.74) is 0. The average molecular weight is 284 g/mol. The van der Waals surface area contributed by atoms with E-state index in [1.54, 1.807) is 0 Å². The van der Waals surface area contributed by atoms with E-state index in [1.807, 2.05) is 6.92 Å². The van der Waals surface area contributed by atoms with Crippen molar-refractivity contribution < 1.29 is 9.53 Å². The third-order valence-corrected chi connectivity index (χ3v) is 4.09. The molecule has 120 valence electrons. The summed E-state index contributed by atoms with van der Waals surface area (Å²) in [5.74, 6) is 0.0104. The van der Waals surface area contributed by atoms with Gasteiger partial charge in [-0.2, -0.15) is 0 Å². The minimum absolute atomic E-state index is 0.0620. The third-order valence-electron chi connectivity index (χ3n) is 4.09. The first-order chi connectivity index (χ1) is 9.72. The number of hydrogen-bond donors (Lipinski definition) is 0. The number of carbonyl (C=O) groups is 1. The van der Waals surface area contributed by atoms with Crippen LogP contribution >= 0.6 is 0 Å². The zero-order valence-corrected chi connectivity index (χ0v) is 14.1. The summed E-state index contributed by atoms with van der Waals surface area (Å²) in [4.78, 5) is 11.2. The van der Waals surface area contributed by atoms with E-state index in [1.165, 1.54) is 77.7 Å². The Morgan fingerprint density at radius 1 is 0.800 bits per heavy atom. The zero-order chi connectivity index (χ0) is 15.1. The Morgan fingerprint density at radius 3 is 1.60 bits per heavy atom. The van der Waals surface area contributed by atoms with Crippen molar-refractivity contribution in [1.29, 1.82) is 0 Å². The van der Waals surface area contributed by atoms with E-state index in [0.29, 0.717) is 0 Å². The van der Waals surface area contributed by atoms with Gasteiger partial charge in [-0.3, -0.25) is 4.79 Å². The van der Waals surface area contributed by atoms with Gasteiger partial charge in [-0.1, -0.05) is 90.9 Å². The van der Waals surface area contributed by atoms with Crippen molar-refractivity contribution in [2.24, 2.45) is 5.92 Å². The Morgan fingerprint density at radius 2 is 1.20 bits per heavy atom. The van der Waals surface area contributed by atoms with Crippen LogP contribution in [0.5, 0.6) is 0 Å². The van der Waals surface area contributed by atoms with Crippen LogP contribution in [0.25, 0.3) is 0 Å². The normalized spacial score (nSPS) is 12.3. The molecule has 0 bridgehead atoms. The van der Waals surface area contributed by atoms with Crippen LogP contribution in [0, 0.1) is 5.92 Å². The summed E-state index contributed by atoms with van der Waals surface area (Å²) < 4.78 is 4.73. The van der Waals surface area contributed by atoms with Gasteiger partial charge in [-0.05, 0) is 6.42 Å². The summed E-state index contributed by atoms with van der Waals surface area (Å²) in [6.45, 7) is 4.23. The van der Waals surface area contributed by atoms with Crippen LogP contribution in [0.15, 0.2) is 0 Å². The molecular formula is C18H36O2. The van der Waals surface area contributed by atoms with Crippen LogP contribution in [0.4, 0.5) is 0 Å². The maximum atomic E-state index is 11.2.